The van der Waals surface area contributed by atoms with E-state index < -0.39 is 0 Å². The molecule has 1 heterocycles. The number of hydrogen-bond acceptors (Lipinski definition) is 1. The zero-order valence-corrected chi connectivity index (χ0v) is 17.1. The van der Waals surface area contributed by atoms with E-state index in [1.54, 1.807) is 4.90 Å². The van der Waals surface area contributed by atoms with Gasteiger partial charge in [0.15, 0.2) is 6.54 Å². The molecule has 1 amide bonds. The van der Waals surface area contributed by atoms with E-state index in [9.17, 15) is 4.79 Å². The molecule has 3 rings (SSSR count). The minimum atomic E-state index is 0.125. The first-order valence-corrected chi connectivity index (χ1v) is 10.0. The standard InChI is InChI=1S/C23H31N3O/c1-17-8-9-18(2)21(14-17)15-25-10-12-26(13-11-25)16-22(27)24-23-19(3)6-5-7-20(23)4/h5-9,14H,10-13,15-16H2,1-4H3,(H,24,27)/p+2. The first kappa shape index (κ1) is 19.6. The Bertz CT molecular complexity index is 787. The van der Waals surface area contributed by atoms with Crippen LogP contribution in [0.4, 0.5) is 5.69 Å². The van der Waals surface area contributed by atoms with E-state index in [-0.39, 0.29) is 5.91 Å². The predicted octanol–water partition coefficient (Wildman–Crippen LogP) is 0.842. The Morgan fingerprint density at radius 2 is 1.52 bits per heavy atom. The Morgan fingerprint density at radius 1 is 0.889 bits per heavy atom. The van der Waals surface area contributed by atoms with E-state index >= 15 is 0 Å². The number of benzene rings is 2. The Labute approximate surface area is 163 Å². The van der Waals surface area contributed by atoms with Gasteiger partial charge in [-0.2, -0.15) is 0 Å². The van der Waals surface area contributed by atoms with Crippen LogP contribution in [0, 0.1) is 27.7 Å². The molecule has 4 nitrogen and oxygen atoms in total. The summed E-state index contributed by atoms with van der Waals surface area (Å²) in [6.45, 7) is 14.5. The van der Waals surface area contributed by atoms with Crippen LogP contribution >= 0.6 is 0 Å². The van der Waals surface area contributed by atoms with E-state index in [0.29, 0.717) is 6.54 Å². The molecular weight excluding hydrogens is 334 g/mol. The van der Waals surface area contributed by atoms with Crippen molar-refractivity contribution in [3.05, 3.63) is 64.2 Å². The molecule has 3 N–H and O–H groups in total. The van der Waals surface area contributed by atoms with E-state index in [2.05, 4.69) is 37.4 Å². The summed E-state index contributed by atoms with van der Waals surface area (Å²) in [6.07, 6.45) is 0. The highest BCUT2D eigenvalue weighted by atomic mass is 16.2. The van der Waals surface area contributed by atoms with E-state index in [1.807, 2.05) is 32.0 Å². The van der Waals surface area contributed by atoms with Gasteiger partial charge in [0.1, 0.15) is 32.7 Å². The van der Waals surface area contributed by atoms with Crippen LogP contribution in [0.25, 0.3) is 0 Å². The summed E-state index contributed by atoms with van der Waals surface area (Å²) in [6, 6.07) is 12.9. The van der Waals surface area contributed by atoms with Gasteiger partial charge in [-0.3, -0.25) is 4.79 Å². The fraction of sp³-hybridized carbons (Fsp3) is 0.435. The number of carbonyl (C=O) groups is 1. The van der Waals surface area contributed by atoms with Crippen molar-refractivity contribution >= 4 is 11.6 Å². The number of rotatable bonds is 5. The van der Waals surface area contributed by atoms with Gasteiger partial charge in [-0.1, -0.05) is 42.0 Å². The first-order valence-electron chi connectivity index (χ1n) is 10.0. The zero-order valence-electron chi connectivity index (χ0n) is 17.1. The summed E-state index contributed by atoms with van der Waals surface area (Å²) < 4.78 is 0. The molecule has 0 radical (unpaired) electrons. The molecule has 0 saturated carbocycles. The molecular formula is C23H33N3O+2. The topological polar surface area (TPSA) is 38.0 Å². The third kappa shape index (κ3) is 5.18. The maximum absolute atomic E-state index is 12.5. The van der Waals surface area contributed by atoms with Gasteiger partial charge >= 0.3 is 0 Å². The third-order valence-corrected chi connectivity index (χ3v) is 5.77. The lowest BCUT2D eigenvalue weighted by Crippen LogP contribution is -3.28. The van der Waals surface area contributed by atoms with Gasteiger partial charge < -0.3 is 15.1 Å². The first-order chi connectivity index (χ1) is 12.9. The highest BCUT2D eigenvalue weighted by Crippen LogP contribution is 2.18. The molecule has 1 aliphatic rings. The fourth-order valence-corrected chi connectivity index (χ4v) is 3.99. The van der Waals surface area contributed by atoms with E-state index in [0.717, 1.165) is 49.5 Å². The molecule has 0 bridgehead atoms. The Balaban J connectivity index is 1.49. The third-order valence-electron chi connectivity index (χ3n) is 5.77. The number of aryl methyl sites for hydroxylation is 4. The summed E-state index contributed by atoms with van der Waals surface area (Å²) in [5, 5.41) is 3.12. The fourth-order valence-electron chi connectivity index (χ4n) is 3.99. The molecule has 2 aromatic rings. The van der Waals surface area contributed by atoms with Crippen LogP contribution in [-0.4, -0.2) is 38.6 Å². The van der Waals surface area contributed by atoms with Gasteiger partial charge in [-0.25, -0.2) is 0 Å². The van der Waals surface area contributed by atoms with Gasteiger partial charge in [0, 0.05) is 11.3 Å². The minimum absolute atomic E-state index is 0.125. The number of para-hydroxylation sites is 1. The van der Waals surface area contributed by atoms with E-state index in [4.69, 9.17) is 0 Å². The van der Waals surface area contributed by atoms with Crippen LogP contribution in [0.1, 0.15) is 27.8 Å². The number of amides is 1. The van der Waals surface area contributed by atoms with Crippen molar-refractivity contribution in [2.75, 3.05) is 38.0 Å². The summed E-state index contributed by atoms with van der Waals surface area (Å²) in [4.78, 5) is 15.5. The van der Waals surface area contributed by atoms with Gasteiger partial charge in [0.2, 0.25) is 0 Å². The van der Waals surface area contributed by atoms with Gasteiger partial charge in [0.05, 0.1) is 0 Å². The average molecular weight is 368 g/mol. The van der Waals surface area contributed by atoms with Gasteiger partial charge in [-0.05, 0) is 44.4 Å². The molecule has 1 aliphatic heterocycles. The SMILES string of the molecule is Cc1ccc(C)c(C[NH+]2CC[NH+](CC(=O)Nc3c(C)cccc3C)CC2)c1. The zero-order chi connectivity index (χ0) is 19.4. The number of hydrogen-bond donors (Lipinski definition) is 3. The molecule has 27 heavy (non-hydrogen) atoms. The summed E-state index contributed by atoms with van der Waals surface area (Å²) in [7, 11) is 0. The molecule has 4 heteroatoms. The second kappa shape index (κ2) is 8.68. The number of carbonyl (C=O) groups excluding carboxylic acids is 1. The van der Waals surface area contributed by atoms with Crippen LogP contribution in [0.5, 0.6) is 0 Å². The minimum Gasteiger partial charge on any atom is -0.322 e. The summed E-state index contributed by atoms with van der Waals surface area (Å²) in [5.41, 5.74) is 7.41. The molecule has 0 unspecified atom stereocenters. The number of quaternary nitrogens is 2. The molecule has 0 aromatic heterocycles. The summed E-state index contributed by atoms with van der Waals surface area (Å²) >= 11 is 0. The van der Waals surface area contributed by atoms with Crippen LogP contribution in [0.2, 0.25) is 0 Å². The maximum atomic E-state index is 12.5. The van der Waals surface area contributed by atoms with Crippen molar-refractivity contribution in [3.8, 4) is 0 Å². The van der Waals surface area contributed by atoms with Crippen molar-refractivity contribution in [1.82, 2.24) is 0 Å². The number of anilines is 1. The van der Waals surface area contributed by atoms with Crippen molar-refractivity contribution in [3.63, 3.8) is 0 Å². The molecule has 144 valence electrons. The normalized spacial score (nSPS) is 19.7. The Morgan fingerprint density at radius 3 is 2.19 bits per heavy atom. The molecule has 2 aromatic carbocycles. The second-order valence-electron chi connectivity index (χ2n) is 8.10. The molecule has 0 atom stereocenters. The largest absolute Gasteiger partial charge is 0.322 e. The molecule has 1 fully saturated rings. The van der Waals surface area contributed by atoms with Crippen molar-refractivity contribution in [2.24, 2.45) is 0 Å². The van der Waals surface area contributed by atoms with Crippen molar-refractivity contribution < 1.29 is 14.6 Å². The Hall–Kier alpha value is -2.17. The molecule has 1 saturated heterocycles. The Kier molecular flexibility index (Phi) is 6.30. The lowest BCUT2D eigenvalue weighted by molar-refractivity contribution is -1.02. The highest BCUT2D eigenvalue weighted by Gasteiger charge is 2.25. The quantitative estimate of drug-likeness (QED) is 0.720. The molecule has 0 aliphatic carbocycles. The lowest BCUT2D eigenvalue weighted by Gasteiger charge is -2.29. The summed E-state index contributed by atoms with van der Waals surface area (Å²) in [5.74, 6) is 0.125. The van der Waals surface area contributed by atoms with Crippen molar-refractivity contribution in [1.29, 1.82) is 0 Å². The van der Waals surface area contributed by atoms with Crippen LogP contribution in [0.3, 0.4) is 0 Å². The monoisotopic (exact) mass is 367 g/mol. The molecule has 0 spiro atoms. The van der Waals surface area contributed by atoms with E-state index in [1.165, 1.54) is 21.6 Å². The predicted molar refractivity (Wildman–Crippen MR) is 110 cm³/mol. The van der Waals surface area contributed by atoms with Crippen LogP contribution in [-0.2, 0) is 11.3 Å². The van der Waals surface area contributed by atoms with Crippen LogP contribution in [0.15, 0.2) is 36.4 Å². The number of piperazine rings is 1. The maximum Gasteiger partial charge on any atom is 0.279 e. The van der Waals surface area contributed by atoms with Gasteiger partial charge in [-0.15, -0.1) is 0 Å². The second-order valence-corrected chi connectivity index (χ2v) is 8.10. The highest BCUT2D eigenvalue weighted by molar-refractivity contribution is 5.93. The average Bonchev–Trinajstić information content (AvgIpc) is 2.63. The number of nitrogens with one attached hydrogen (secondary N) is 3. The lowest BCUT2D eigenvalue weighted by atomic mass is 10.0. The van der Waals surface area contributed by atoms with Gasteiger partial charge in [0.25, 0.3) is 5.91 Å². The van der Waals surface area contributed by atoms with Crippen molar-refractivity contribution in [2.45, 2.75) is 34.2 Å². The smallest absolute Gasteiger partial charge is 0.279 e. The van der Waals surface area contributed by atoms with Crippen LogP contribution < -0.4 is 15.1 Å².